The summed E-state index contributed by atoms with van der Waals surface area (Å²) in [4.78, 5) is 11.4. The maximum atomic E-state index is 11.4. The predicted octanol–water partition coefficient (Wildman–Crippen LogP) is 2.11. The summed E-state index contributed by atoms with van der Waals surface area (Å²) in [6.07, 6.45) is 4.91. The van der Waals surface area contributed by atoms with Crippen LogP contribution in [0.3, 0.4) is 0 Å². The standard InChI is InChI=1S/C9H13BrO2/c1-12-8(11)9(10)6-4-2-3-5-7(6)9/h6-7H,2-5H2,1H3. The second kappa shape index (κ2) is 2.72. The second-order valence-corrected chi connectivity index (χ2v) is 5.07. The first-order valence-corrected chi connectivity index (χ1v) is 5.28. The second-order valence-electron chi connectivity index (χ2n) is 3.76. The van der Waals surface area contributed by atoms with Crippen LogP contribution in [0.2, 0.25) is 0 Å². The fourth-order valence-corrected chi connectivity index (χ4v) is 3.64. The molecule has 0 heterocycles. The Morgan fingerprint density at radius 2 is 1.92 bits per heavy atom. The van der Waals surface area contributed by atoms with E-state index in [2.05, 4.69) is 15.9 Å². The van der Waals surface area contributed by atoms with Gasteiger partial charge >= 0.3 is 5.97 Å². The third kappa shape index (κ3) is 0.951. The van der Waals surface area contributed by atoms with Crippen molar-refractivity contribution >= 4 is 21.9 Å². The number of carbonyl (C=O) groups excluding carboxylic acids is 1. The van der Waals surface area contributed by atoms with Crippen LogP contribution in [0.15, 0.2) is 0 Å². The Balaban J connectivity index is 2.10. The summed E-state index contributed by atoms with van der Waals surface area (Å²) in [5, 5.41) is 0. The van der Waals surface area contributed by atoms with Gasteiger partial charge in [-0.15, -0.1) is 0 Å². The molecule has 2 fully saturated rings. The molecule has 0 N–H and O–H groups in total. The Morgan fingerprint density at radius 1 is 1.42 bits per heavy atom. The molecular formula is C9H13BrO2. The Hall–Kier alpha value is -0.0500. The quantitative estimate of drug-likeness (QED) is 0.512. The van der Waals surface area contributed by atoms with Gasteiger partial charge < -0.3 is 4.74 Å². The highest BCUT2D eigenvalue weighted by Gasteiger charge is 2.68. The molecule has 2 aliphatic carbocycles. The summed E-state index contributed by atoms with van der Waals surface area (Å²) < 4.78 is 4.49. The number of fused-ring (bicyclic) bond motifs is 1. The van der Waals surface area contributed by atoms with Gasteiger partial charge in [-0.3, -0.25) is 4.79 Å². The molecule has 0 aliphatic heterocycles. The number of esters is 1. The first-order valence-electron chi connectivity index (χ1n) is 4.48. The van der Waals surface area contributed by atoms with Gasteiger partial charge in [0.05, 0.1) is 7.11 Å². The lowest BCUT2D eigenvalue weighted by molar-refractivity contribution is -0.141. The van der Waals surface area contributed by atoms with Gasteiger partial charge in [0.1, 0.15) is 4.32 Å². The lowest BCUT2D eigenvalue weighted by atomic mass is 10.0. The molecule has 0 spiro atoms. The van der Waals surface area contributed by atoms with Crippen LogP contribution in [0.1, 0.15) is 25.7 Å². The van der Waals surface area contributed by atoms with Gasteiger partial charge in [-0.25, -0.2) is 0 Å². The van der Waals surface area contributed by atoms with E-state index in [1.165, 1.54) is 32.8 Å². The van der Waals surface area contributed by atoms with Crippen molar-refractivity contribution in [3.8, 4) is 0 Å². The van der Waals surface area contributed by atoms with Crippen molar-refractivity contribution in [1.82, 2.24) is 0 Å². The van der Waals surface area contributed by atoms with E-state index in [4.69, 9.17) is 4.74 Å². The van der Waals surface area contributed by atoms with E-state index in [0.717, 1.165) is 0 Å². The maximum Gasteiger partial charge on any atom is 0.323 e. The van der Waals surface area contributed by atoms with Crippen molar-refractivity contribution in [1.29, 1.82) is 0 Å². The molecule has 0 saturated heterocycles. The van der Waals surface area contributed by atoms with Gasteiger partial charge in [0.15, 0.2) is 0 Å². The van der Waals surface area contributed by atoms with Crippen LogP contribution in [0.5, 0.6) is 0 Å². The minimum atomic E-state index is -0.293. The van der Waals surface area contributed by atoms with E-state index < -0.39 is 0 Å². The molecule has 12 heavy (non-hydrogen) atoms. The van der Waals surface area contributed by atoms with Gasteiger partial charge in [0, 0.05) is 0 Å². The number of hydrogen-bond donors (Lipinski definition) is 0. The number of rotatable bonds is 1. The monoisotopic (exact) mass is 232 g/mol. The molecule has 0 aromatic heterocycles. The van der Waals surface area contributed by atoms with Crippen LogP contribution in [0.25, 0.3) is 0 Å². The minimum Gasteiger partial charge on any atom is -0.468 e. The maximum absolute atomic E-state index is 11.4. The SMILES string of the molecule is COC(=O)C1(Br)C2CCCCC21. The zero-order valence-corrected chi connectivity index (χ0v) is 8.76. The van der Waals surface area contributed by atoms with Crippen LogP contribution in [0, 0.1) is 11.8 Å². The molecule has 0 radical (unpaired) electrons. The highest BCUT2D eigenvalue weighted by atomic mass is 79.9. The molecule has 2 nitrogen and oxygen atoms in total. The van der Waals surface area contributed by atoms with E-state index in [1.54, 1.807) is 0 Å². The Morgan fingerprint density at radius 3 is 2.33 bits per heavy atom. The largest absolute Gasteiger partial charge is 0.468 e. The van der Waals surface area contributed by atoms with Crippen molar-refractivity contribution in [2.24, 2.45) is 11.8 Å². The molecule has 0 amide bonds. The fourth-order valence-electron chi connectivity index (χ4n) is 2.51. The Kier molecular flexibility index (Phi) is 1.94. The number of ether oxygens (including phenoxy) is 1. The molecule has 2 atom stereocenters. The van der Waals surface area contributed by atoms with E-state index in [9.17, 15) is 4.79 Å². The fraction of sp³-hybridized carbons (Fsp3) is 0.889. The summed E-state index contributed by atoms with van der Waals surface area (Å²) in [7, 11) is 1.47. The summed E-state index contributed by atoms with van der Waals surface area (Å²) >= 11 is 3.53. The number of halogens is 1. The zero-order valence-electron chi connectivity index (χ0n) is 7.18. The van der Waals surface area contributed by atoms with Crippen molar-refractivity contribution in [3.63, 3.8) is 0 Å². The predicted molar refractivity (Wildman–Crippen MR) is 49.1 cm³/mol. The average Bonchev–Trinajstić information content (AvgIpc) is 2.74. The first-order chi connectivity index (χ1) is 5.71. The van der Waals surface area contributed by atoms with Crippen molar-refractivity contribution < 1.29 is 9.53 Å². The van der Waals surface area contributed by atoms with E-state index in [0.29, 0.717) is 11.8 Å². The third-order valence-corrected chi connectivity index (χ3v) is 4.73. The Bertz CT molecular complexity index is 203. The molecule has 2 aliphatic rings. The van der Waals surface area contributed by atoms with Gasteiger partial charge in [0.25, 0.3) is 0 Å². The van der Waals surface area contributed by atoms with Gasteiger partial charge in [-0.2, -0.15) is 0 Å². The normalized spacial score (nSPS) is 44.8. The highest BCUT2D eigenvalue weighted by Crippen LogP contribution is 2.64. The van der Waals surface area contributed by atoms with Crippen molar-refractivity contribution in [2.75, 3.05) is 7.11 Å². The molecule has 3 heteroatoms. The van der Waals surface area contributed by atoms with E-state index in [1.807, 2.05) is 0 Å². The summed E-state index contributed by atoms with van der Waals surface area (Å²) in [6, 6.07) is 0. The number of alkyl halides is 1. The topological polar surface area (TPSA) is 26.3 Å². The average molecular weight is 233 g/mol. The zero-order chi connectivity index (χ0) is 8.77. The molecular weight excluding hydrogens is 220 g/mol. The lowest BCUT2D eigenvalue weighted by Gasteiger charge is -2.04. The van der Waals surface area contributed by atoms with Crippen LogP contribution in [-0.2, 0) is 9.53 Å². The summed E-state index contributed by atoms with van der Waals surface area (Å²) in [5.41, 5.74) is 0. The van der Waals surface area contributed by atoms with Gasteiger partial charge in [0.2, 0.25) is 0 Å². The molecule has 2 unspecified atom stereocenters. The first kappa shape index (κ1) is 8.54. The molecule has 68 valence electrons. The molecule has 0 bridgehead atoms. The summed E-state index contributed by atoms with van der Waals surface area (Å²) in [6.45, 7) is 0. The molecule has 0 aromatic rings. The van der Waals surface area contributed by atoms with Gasteiger partial charge in [-0.05, 0) is 24.7 Å². The lowest BCUT2D eigenvalue weighted by Crippen LogP contribution is -2.20. The molecule has 2 saturated carbocycles. The molecule has 2 rings (SSSR count). The van der Waals surface area contributed by atoms with Crippen molar-refractivity contribution in [2.45, 2.75) is 30.0 Å². The van der Waals surface area contributed by atoms with Gasteiger partial charge in [-0.1, -0.05) is 28.8 Å². The van der Waals surface area contributed by atoms with Crippen LogP contribution in [-0.4, -0.2) is 17.4 Å². The summed E-state index contributed by atoms with van der Waals surface area (Å²) in [5.74, 6) is 1.04. The molecule has 0 aromatic carbocycles. The van der Waals surface area contributed by atoms with E-state index >= 15 is 0 Å². The number of methoxy groups -OCH3 is 1. The van der Waals surface area contributed by atoms with Crippen LogP contribution >= 0.6 is 15.9 Å². The highest BCUT2D eigenvalue weighted by molar-refractivity contribution is 9.10. The smallest absolute Gasteiger partial charge is 0.323 e. The Labute approximate surface area is 80.8 Å². The third-order valence-electron chi connectivity index (χ3n) is 3.23. The van der Waals surface area contributed by atoms with E-state index in [-0.39, 0.29) is 10.3 Å². The number of carbonyl (C=O) groups is 1. The van der Waals surface area contributed by atoms with Crippen molar-refractivity contribution in [3.05, 3.63) is 0 Å². The van der Waals surface area contributed by atoms with Crippen LogP contribution < -0.4 is 0 Å². The number of hydrogen-bond acceptors (Lipinski definition) is 2. The van der Waals surface area contributed by atoms with Crippen LogP contribution in [0.4, 0.5) is 0 Å². The minimum absolute atomic E-state index is 0.0700.